The molecule has 2 aromatic carbocycles. The van der Waals surface area contributed by atoms with Gasteiger partial charge in [0.15, 0.2) is 11.5 Å². The summed E-state index contributed by atoms with van der Waals surface area (Å²) in [5, 5.41) is 11.1. The number of methoxy groups -OCH3 is 2. The highest BCUT2D eigenvalue weighted by Gasteiger charge is 2.18. The molecule has 0 spiro atoms. The number of ether oxygens (including phenoxy) is 2. The third-order valence-electron chi connectivity index (χ3n) is 3.66. The van der Waals surface area contributed by atoms with Gasteiger partial charge in [-0.25, -0.2) is 0 Å². The van der Waals surface area contributed by atoms with E-state index in [1.54, 1.807) is 50.4 Å². The van der Waals surface area contributed by atoms with Crippen LogP contribution in [0.15, 0.2) is 36.4 Å². The van der Waals surface area contributed by atoms with E-state index in [2.05, 4.69) is 15.6 Å². The molecule has 1 heterocycles. The van der Waals surface area contributed by atoms with Crippen LogP contribution in [0.25, 0.3) is 11.0 Å². The van der Waals surface area contributed by atoms with Crippen LogP contribution in [0.1, 0.15) is 6.92 Å². The number of hydrogen-bond donors (Lipinski definition) is 1. The van der Waals surface area contributed by atoms with Gasteiger partial charge in [0.2, 0.25) is 6.10 Å². The Hall–Kier alpha value is -3.00. The standard InChI is InChI=1S/C17H17ClN4O4/c1-10(26-22-14-8-11(18)4-6-13(14)20-21-22)17(23)19-12-5-7-15(24-2)16(9-12)25-3/h4-10H,1-3H3,(H,19,23). The minimum absolute atomic E-state index is 0.358. The van der Waals surface area contributed by atoms with E-state index in [1.165, 1.54) is 12.0 Å². The summed E-state index contributed by atoms with van der Waals surface area (Å²) < 4.78 is 10.4. The van der Waals surface area contributed by atoms with Crippen molar-refractivity contribution in [3.63, 3.8) is 0 Å². The number of nitrogens with one attached hydrogen (secondary N) is 1. The molecule has 1 aromatic heterocycles. The molecule has 26 heavy (non-hydrogen) atoms. The van der Waals surface area contributed by atoms with Crippen LogP contribution >= 0.6 is 11.6 Å². The first kappa shape index (κ1) is 17.8. The van der Waals surface area contributed by atoms with Gasteiger partial charge in [-0.1, -0.05) is 16.4 Å². The van der Waals surface area contributed by atoms with E-state index < -0.39 is 6.10 Å². The van der Waals surface area contributed by atoms with Crippen molar-refractivity contribution >= 4 is 34.2 Å². The Labute approximate surface area is 154 Å². The van der Waals surface area contributed by atoms with Crippen molar-refractivity contribution in [3.05, 3.63) is 41.4 Å². The number of aromatic nitrogens is 3. The zero-order chi connectivity index (χ0) is 18.7. The lowest BCUT2D eigenvalue weighted by molar-refractivity contribution is -0.127. The Kier molecular flexibility index (Phi) is 5.13. The normalized spacial score (nSPS) is 11.8. The predicted octanol–water partition coefficient (Wildman–Crippen LogP) is 2.56. The van der Waals surface area contributed by atoms with Crippen molar-refractivity contribution in [2.24, 2.45) is 0 Å². The minimum Gasteiger partial charge on any atom is -0.493 e. The van der Waals surface area contributed by atoms with Crippen LogP contribution in [0, 0.1) is 0 Å². The van der Waals surface area contributed by atoms with E-state index in [0.29, 0.717) is 33.2 Å². The van der Waals surface area contributed by atoms with Crippen molar-refractivity contribution < 1.29 is 19.1 Å². The summed E-state index contributed by atoms with van der Waals surface area (Å²) in [6.45, 7) is 1.61. The summed E-state index contributed by atoms with van der Waals surface area (Å²) in [7, 11) is 3.07. The summed E-state index contributed by atoms with van der Waals surface area (Å²) in [5.41, 5.74) is 1.74. The lowest BCUT2D eigenvalue weighted by Crippen LogP contribution is -2.35. The number of amides is 1. The summed E-state index contributed by atoms with van der Waals surface area (Å²) in [5.74, 6) is 0.722. The molecule has 0 saturated carbocycles. The van der Waals surface area contributed by atoms with Crippen LogP contribution in [-0.4, -0.2) is 41.4 Å². The highest BCUT2D eigenvalue weighted by atomic mass is 35.5. The molecular weight excluding hydrogens is 360 g/mol. The summed E-state index contributed by atoms with van der Waals surface area (Å²) >= 11 is 5.98. The molecule has 0 saturated heterocycles. The summed E-state index contributed by atoms with van der Waals surface area (Å²) in [6.07, 6.45) is -0.827. The Morgan fingerprint density at radius 3 is 2.65 bits per heavy atom. The number of halogens is 1. The van der Waals surface area contributed by atoms with Gasteiger partial charge in [-0.2, -0.15) is 0 Å². The molecule has 1 unspecified atom stereocenters. The number of fused-ring (bicyclic) bond motifs is 1. The van der Waals surface area contributed by atoms with Crippen molar-refractivity contribution in [2.45, 2.75) is 13.0 Å². The maximum absolute atomic E-state index is 12.4. The van der Waals surface area contributed by atoms with E-state index in [0.717, 1.165) is 0 Å². The molecule has 1 amide bonds. The zero-order valence-electron chi connectivity index (χ0n) is 14.4. The lowest BCUT2D eigenvalue weighted by Gasteiger charge is -2.15. The fourth-order valence-electron chi connectivity index (χ4n) is 2.30. The number of nitrogens with zero attached hydrogens (tertiary/aromatic N) is 3. The fourth-order valence-corrected chi connectivity index (χ4v) is 2.47. The highest BCUT2D eigenvalue weighted by molar-refractivity contribution is 6.31. The van der Waals surface area contributed by atoms with Crippen LogP contribution in [0.5, 0.6) is 11.5 Å². The molecular formula is C17H17ClN4O4. The van der Waals surface area contributed by atoms with E-state index in [1.807, 2.05) is 0 Å². The van der Waals surface area contributed by atoms with Gasteiger partial charge in [0, 0.05) is 16.8 Å². The van der Waals surface area contributed by atoms with E-state index in [9.17, 15) is 4.79 Å². The van der Waals surface area contributed by atoms with Gasteiger partial charge in [-0.3, -0.25) is 4.79 Å². The van der Waals surface area contributed by atoms with Gasteiger partial charge in [-0.15, -0.1) is 5.10 Å². The van der Waals surface area contributed by atoms with Gasteiger partial charge >= 0.3 is 0 Å². The second kappa shape index (κ2) is 7.49. The number of rotatable bonds is 6. The second-order valence-electron chi connectivity index (χ2n) is 5.40. The lowest BCUT2D eigenvalue weighted by atomic mass is 10.2. The third kappa shape index (κ3) is 3.65. The molecule has 1 atom stereocenters. The Morgan fingerprint density at radius 2 is 1.92 bits per heavy atom. The number of anilines is 1. The first-order chi connectivity index (χ1) is 12.5. The summed E-state index contributed by atoms with van der Waals surface area (Å²) in [4.78, 5) is 19.2. The van der Waals surface area contributed by atoms with Crippen LogP contribution in [0.4, 0.5) is 5.69 Å². The maximum Gasteiger partial charge on any atom is 0.267 e. The van der Waals surface area contributed by atoms with Crippen LogP contribution in [0.3, 0.4) is 0 Å². The number of carbonyl (C=O) groups excluding carboxylic acids is 1. The molecule has 3 aromatic rings. The molecule has 136 valence electrons. The number of benzene rings is 2. The average molecular weight is 377 g/mol. The third-order valence-corrected chi connectivity index (χ3v) is 3.89. The molecule has 0 aliphatic rings. The average Bonchev–Trinajstić information content (AvgIpc) is 3.03. The summed E-state index contributed by atoms with van der Waals surface area (Å²) in [6, 6.07) is 10.2. The molecule has 8 nitrogen and oxygen atoms in total. The topological polar surface area (TPSA) is 87.5 Å². The van der Waals surface area contributed by atoms with E-state index in [-0.39, 0.29) is 5.91 Å². The molecule has 9 heteroatoms. The van der Waals surface area contributed by atoms with Crippen molar-refractivity contribution in [1.82, 2.24) is 15.2 Å². The van der Waals surface area contributed by atoms with E-state index in [4.69, 9.17) is 25.9 Å². The van der Waals surface area contributed by atoms with Crippen LogP contribution in [-0.2, 0) is 4.79 Å². The first-order valence-corrected chi connectivity index (χ1v) is 8.10. The molecule has 1 N–H and O–H groups in total. The van der Waals surface area contributed by atoms with Gasteiger partial charge in [0.25, 0.3) is 5.91 Å². The van der Waals surface area contributed by atoms with E-state index >= 15 is 0 Å². The SMILES string of the molecule is COc1ccc(NC(=O)C(C)On2nnc3ccc(Cl)cc32)cc1OC. The largest absolute Gasteiger partial charge is 0.493 e. The minimum atomic E-state index is -0.827. The predicted molar refractivity (Wildman–Crippen MR) is 96.8 cm³/mol. The van der Waals surface area contributed by atoms with Gasteiger partial charge in [-0.05, 0) is 42.5 Å². The maximum atomic E-state index is 12.4. The first-order valence-electron chi connectivity index (χ1n) is 7.73. The van der Waals surface area contributed by atoms with Gasteiger partial charge in [0.05, 0.1) is 14.2 Å². The second-order valence-corrected chi connectivity index (χ2v) is 5.84. The molecule has 0 fully saturated rings. The quantitative estimate of drug-likeness (QED) is 0.711. The Balaban J connectivity index is 1.72. The van der Waals surface area contributed by atoms with Gasteiger partial charge < -0.3 is 19.6 Å². The van der Waals surface area contributed by atoms with Crippen LogP contribution < -0.4 is 19.6 Å². The Morgan fingerprint density at radius 1 is 1.15 bits per heavy atom. The number of hydrogen-bond acceptors (Lipinski definition) is 6. The Bertz CT molecular complexity index is 944. The number of carbonyl (C=O) groups is 1. The molecule has 0 aliphatic carbocycles. The molecule has 0 radical (unpaired) electrons. The monoisotopic (exact) mass is 376 g/mol. The highest BCUT2D eigenvalue weighted by Crippen LogP contribution is 2.29. The van der Waals surface area contributed by atoms with Gasteiger partial charge in [0.1, 0.15) is 11.0 Å². The van der Waals surface area contributed by atoms with Crippen molar-refractivity contribution in [3.8, 4) is 11.5 Å². The molecule has 0 bridgehead atoms. The van der Waals surface area contributed by atoms with Crippen LogP contribution in [0.2, 0.25) is 5.02 Å². The smallest absolute Gasteiger partial charge is 0.267 e. The zero-order valence-corrected chi connectivity index (χ0v) is 15.1. The van der Waals surface area contributed by atoms with Crippen molar-refractivity contribution in [2.75, 3.05) is 19.5 Å². The molecule has 0 aliphatic heterocycles. The molecule has 3 rings (SSSR count). The van der Waals surface area contributed by atoms with Crippen molar-refractivity contribution in [1.29, 1.82) is 0 Å². The fraction of sp³-hybridized carbons (Fsp3) is 0.235.